The van der Waals surface area contributed by atoms with Crippen molar-refractivity contribution in [3.05, 3.63) is 35.6 Å². The molecule has 0 spiro atoms. The Bertz CT molecular complexity index is 551. The summed E-state index contributed by atoms with van der Waals surface area (Å²) in [5, 5.41) is 2.75. The van der Waals surface area contributed by atoms with Crippen LogP contribution in [-0.4, -0.2) is 41.9 Å². The van der Waals surface area contributed by atoms with Gasteiger partial charge in [-0.3, -0.25) is 9.59 Å². The summed E-state index contributed by atoms with van der Waals surface area (Å²) < 4.78 is 12.9. The van der Waals surface area contributed by atoms with E-state index in [0.29, 0.717) is 18.7 Å². The fourth-order valence-corrected chi connectivity index (χ4v) is 2.52. The Morgan fingerprint density at radius 1 is 1.30 bits per heavy atom. The second-order valence-corrected chi connectivity index (χ2v) is 6.04. The van der Waals surface area contributed by atoms with Gasteiger partial charge in [-0.2, -0.15) is 0 Å². The molecule has 2 amide bonds. The zero-order valence-electron chi connectivity index (χ0n) is 13.3. The average molecular weight is 344 g/mol. The fraction of sp³-hybridized carbons (Fsp3) is 0.500. The minimum atomic E-state index is -0.608. The maximum absolute atomic E-state index is 12.9. The first-order valence-electron chi connectivity index (χ1n) is 7.49. The lowest BCUT2D eigenvalue weighted by molar-refractivity contribution is -0.133. The summed E-state index contributed by atoms with van der Waals surface area (Å²) >= 11 is 0. The van der Waals surface area contributed by atoms with E-state index in [2.05, 4.69) is 5.32 Å². The lowest BCUT2D eigenvalue weighted by Crippen LogP contribution is -2.51. The van der Waals surface area contributed by atoms with Crippen molar-refractivity contribution in [3.63, 3.8) is 0 Å². The molecule has 0 aromatic heterocycles. The van der Waals surface area contributed by atoms with Crippen LogP contribution in [0, 0.1) is 11.7 Å². The van der Waals surface area contributed by atoms with Crippen molar-refractivity contribution in [1.29, 1.82) is 0 Å². The number of nitrogens with two attached hydrogens (primary N) is 1. The largest absolute Gasteiger partial charge is 0.340 e. The van der Waals surface area contributed by atoms with Crippen LogP contribution < -0.4 is 11.1 Å². The minimum absolute atomic E-state index is 0. The molecule has 3 N–H and O–H groups in total. The third-order valence-corrected chi connectivity index (χ3v) is 3.86. The van der Waals surface area contributed by atoms with E-state index >= 15 is 0 Å². The monoisotopic (exact) mass is 343 g/mol. The van der Waals surface area contributed by atoms with Gasteiger partial charge in [0.05, 0.1) is 0 Å². The number of carbonyl (C=O) groups is 2. The van der Waals surface area contributed by atoms with Gasteiger partial charge in [0.2, 0.25) is 5.91 Å². The molecule has 0 saturated carbocycles. The Labute approximate surface area is 141 Å². The van der Waals surface area contributed by atoms with Crippen molar-refractivity contribution in [2.45, 2.75) is 32.4 Å². The third kappa shape index (κ3) is 4.91. The predicted octanol–water partition coefficient (Wildman–Crippen LogP) is 1.56. The summed E-state index contributed by atoms with van der Waals surface area (Å²) in [5.41, 5.74) is 6.16. The van der Waals surface area contributed by atoms with E-state index in [1.807, 2.05) is 13.8 Å². The molecule has 0 radical (unpaired) electrons. The molecule has 128 valence electrons. The number of carbonyl (C=O) groups excluding carboxylic acids is 2. The highest BCUT2D eigenvalue weighted by Gasteiger charge is 2.32. The Morgan fingerprint density at radius 3 is 2.39 bits per heavy atom. The van der Waals surface area contributed by atoms with Gasteiger partial charge in [-0.05, 0) is 36.6 Å². The molecule has 1 aliphatic rings. The van der Waals surface area contributed by atoms with Crippen LogP contribution in [0.3, 0.4) is 0 Å². The molecule has 1 aromatic carbocycles. The first kappa shape index (κ1) is 19.4. The van der Waals surface area contributed by atoms with Crippen molar-refractivity contribution in [1.82, 2.24) is 10.2 Å². The molecule has 23 heavy (non-hydrogen) atoms. The molecular weight excluding hydrogens is 321 g/mol. The van der Waals surface area contributed by atoms with Crippen LogP contribution in [0.15, 0.2) is 24.3 Å². The maximum Gasteiger partial charge on any atom is 0.251 e. The summed E-state index contributed by atoms with van der Waals surface area (Å²) in [4.78, 5) is 26.5. The smallest absolute Gasteiger partial charge is 0.251 e. The van der Waals surface area contributed by atoms with E-state index in [-0.39, 0.29) is 36.2 Å². The fourth-order valence-electron chi connectivity index (χ4n) is 2.52. The highest BCUT2D eigenvalue weighted by Crippen LogP contribution is 2.13. The molecule has 7 heteroatoms. The number of hydrogen-bond donors (Lipinski definition) is 2. The van der Waals surface area contributed by atoms with Gasteiger partial charge in [0, 0.05) is 24.7 Å². The molecule has 1 aromatic rings. The van der Waals surface area contributed by atoms with Crippen LogP contribution in [0.2, 0.25) is 0 Å². The van der Waals surface area contributed by atoms with Gasteiger partial charge in [0.1, 0.15) is 11.9 Å². The van der Waals surface area contributed by atoms with E-state index in [0.717, 1.165) is 6.42 Å². The first-order chi connectivity index (χ1) is 10.4. The van der Waals surface area contributed by atoms with E-state index in [1.54, 1.807) is 4.90 Å². The van der Waals surface area contributed by atoms with Gasteiger partial charge in [-0.25, -0.2) is 4.39 Å². The van der Waals surface area contributed by atoms with E-state index in [9.17, 15) is 14.0 Å². The van der Waals surface area contributed by atoms with Gasteiger partial charge in [0.25, 0.3) is 5.91 Å². The minimum Gasteiger partial charge on any atom is -0.340 e. The average Bonchev–Trinajstić information content (AvgIpc) is 2.91. The SMILES string of the molecule is CC(C)C(NC(=O)c1ccc(F)cc1)C(=O)N1CC[C@@H](N)C1.Cl. The summed E-state index contributed by atoms with van der Waals surface area (Å²) in [6.07, 6.45) is 0.780. The topological polar surface area (TPSA) is 75.4 Å². The highest BCUT2D eigenvalue weighted by atomic mass is 35.5. The Balaban J connectivity index is 0.00000264. The second-order valence-electron chi connectivity index (χ2n) is 6.04. The van der Waals surface area contributed by atoms with Crippen LogP contribution >= 0.6 is 12.4 Å². The normalized spacial score (nSPS) is 18.5. The lowest BCUT2D eigenvalue weighted by atomic mass is 10.0. The molecule has 0 aliphatic carbocycles. The number of nitrogens with one attached hydrogen (secondary N) is 1. The Morgan fingerprint density at radius 2 is 1.91 bits per heavy atom. The summed E-state index contributed by atoms with van der Waals surface area (Å²) in [6, 6.07) is 4.64. The molecule has 1 heterocycles. The molecule has 1 unspecified atom stereocenters. The quantitative estimate of drug-likeness (QED) is 0.871. The number of hydrogen-bond acceptors (Lipinski definition) is 3. The van der Waals surface area contributed by atoms with Crippen molar-refractivity contribution < 1.29 is 14.0 Å². The van der Waals surface area contributed by atoms with Crippen LogP contribution in [0.5, 0.6) is 0 Å². The molecule has 2 rings (SSSR count). The van der Waals surface area contributed by atoms with Gasteiger partial charge in [0.15, 0.2) is 0 Å². The van der Waals surface area contributed by atoms with Crippen molar-refractivity contribution in [2.24, 2.45) is 11.7 Å². The predicted molar refractivity (Wildman–Crippen MR) is 88.9 cm³/mol. The maximum atomic E-state index is 12.9. The van der Waals surface area contributed by atoms with Crippen molar-refractivity contribution in [3.8, 4) is 0 Å². The number of amides is 2. The van der Waals surface area contributed by atoms with Crippen molar-refractivity contribution in [2.75, 3.05) is 13.1 Å². The van der Waals surface area contributed by atoms with Crippen molar-refractivity contribution >= 4 is 24.2 Å². The number of nitrogens with zero attached hydrogens (tertiary/aromatic N) is 1. The number of halogens is 2. The van der Waals surface area contributed by atoms with Crippen LogP contribution in [0.25, 0.3) is 0 Å². The molecule has 1 aliphatic heterocycles. The third-order valence-electron chi connectivity index (χ3n) is 3.86. The van der Waals surface area contributed by atoms with Crippen LogP contribution in [-0.2, 0) is 4.79 Å². The number of benzene rings is 1. The van der Waals surface area contributed by atoms with Crippen LogP contribution in [0.4, 0.5) is 4.39 Å². The first-order valence-corrected chi connectivity index (χ1v) is 7.49. The number of likely N-dealkylation sites (tertiary alicyclic amines) is 1. The lowest BCUT2D eigenvalue weighted by Gasteiger charge is -2.26. The summed E-state index contributed by atoms with van der Waals surface area (Å²) in [5.74, 6) is -0.943. The summed E-state index contributed by atoms with van der Waals surface area (Å²) in [6.45, 7) is 4.90. The molecule has 1 saturated heterocycles. The van der Waals surface area contributed by atoms with E-state index < -0.39 is 11.9 Å². The van der Waals surface area contributed by atoms with E-state index in [1.165, 1.54) is 24.3 Å². The molecule has 1 fully saturated rings. The zero-order chi connectivity index (χ0) is 16.3. The zero-order valence-corrected chi connectivity index (χ0v) is 14.1. The molecule has 2 atom stereocenters. The van der Waals surface area contributed by atoms with Gasteiger partial charge in [-0.1, -0.05) is 13.8 Å². The summed E-state index contributed by atoms with van der Waals surface area (Å²) in [7, 11) is 0. The van der Waals surface area contributed by atoms with Gasteiger partial charge >= 0.3 is 0 Å². The standard InChI is InChI=1S/C16H22FN3O2.ClH/c1-10(2)14(16(22)20-8-7-13(18)9-20)19-15(21)11-3-5-12(17)6-4-11;/h3-6,10,13-14H,7-9,18H2,1-2H3,(H,19,21);1H/t13-,14?;/m1./s1. The Kier molecular flexibility index (Phi) is 6.97. The van der Waals surface area contributed by atoms with Crippen LogP contribution in [0.1, 0.15) is 30.6 Å². The van der Waals surface area contributed by atoms with E-state index in [4.69, 9.17) is 5.73 Å². The number of rotatable bonds is 4. The Hall–Kier alpha value is -1.66. The second kappa shape index (κ2) is 8.26. The highest BCUT2D eigenvalue weighted by molar-refractivity contribution is 5.97. The molecular formula is C16H23ClFN3O2. The molecule has 5 nitrogen and oxygen atoms in total. The van der Waals surface area contributed by atoms with Gasteiger partial charge in [-0.15, -0.1) is 12.4 Å². The van der Waals surface area contributed by atoms with Gasteiger partial charge < -0.3 is 16.0 Å². The molecule has 0 bridgehead atoms.